The molecule has 0 atom stereocenters. The Hall–Kier alpha value is -3.02. The Balaban J connectivity index is 2.90. The number of rotatable bonds is 8. The Morgan fingerprint density at radius 2 is 0.854 bits per heavy atom. The SMILES string of the molecule is Cc1cc(Cc2cc(C(F)(F)C(F)(F)C(F)(F)C(F)(F)F)cc(C(F)(F)C(F)(F)C(F)(F)C(F)(F)F)c2)ccc1N. The molecule has 1 nitrogen and oxygen atoms in total. The van der Waals surface area contributed by atoms with Crippen molar-refractivity contribution in [2.24, 2.45) is 0 Å². The molecule has 0 saturated carbocycles. The van der Waals surface area contributed by atoms with Crippen LogP contribution in [0.1, 0.15) is 27.8 Å². The Bertz CT molecular complexity index is 1200. The number of anilines is 1. The minimum Gasteiger partial charge on any atom is -0.399 e. The summed E-state index contributed by atoms with van der Waals surface area (Å²) in [5.41, 5.74) is -1.70. The van der Waals surface area contributed by atoms with Gasteiger partial charge in [-0.15, -0.1) is 0 Å². The summed E-state index contributed by atoms with van der Waals surface area (Å²) >= 11 is 0. The van der Waals surface area contributed by atoms with Crippen LogP contribution in [0.2, 0.25) is 0 Å². The number of benzene rings is 2. The molecule has 0 bridgehead atoms. The average molecular weight is 633 g/mol. The quantitative estimate of drug-likeness (QED) is 0.228. The van der Waals surface area contributed by atoms with Crippen LogP contribution < -0.4 is 5.73 Å². The Labute approximate surface area is 216 Å². The molecule has 2 aromatic rings. The highest BCUT2D eigenvalue weighted by Gasteiger charge is 2.83. The molecule has 0 amide bonds. The fraction of sp³-hybridized carbons (Fsp3) is 0.455. The van der Waals surface area contributed by atoms with E-state index >= 15 is 0 Å². The van der Waals surface area contributed by atoms with Crippen LogP contribution in [-0.2, 0) is 18.3 Å². The van der Waals surface area contributed by atoms with E-state index in [9.17, 15) is 79.0 Å². The summed E-state index contributed by atoms with van der Waals surface area (Å²) in [5, 5.41) is 0. The number of hydrogen-bond donors (Lipinski definition) is 1. The maximum absolute atomic E-state index is 14.6. The molecule has 2 rings (SSSR count). The van der Waals surface area contributed by atoms with Crippen molar-refractivity contribution in [1.29, 1.82) is 0 Å². The topological polar surface area (TPSA) is 26.0 Å². The predicted octanol–water partition coefficient (Wildman–Crippen LogP) is 9.02. The standard InChI is InChI=1S/C22H13F18N/c1-9-4-10(2-3-14(9)41)5-11-6-12(15(23,24)17(27,28)19(31,32)21(35,36)37)8-13(7-11)16(25,26)18(29,30)20(33,34)22(38,39)40/h2-4,6-8H,5,41H2,1H3. The van der Waals surface area contributed by atoms with E-state index in [1.54, 1.807) is 0 Å². The van der Waals surface area contributed by atoms with E-state index in [1.165, 1.54) is 6.92 Å². The summed E-state index contributed by atoms with van der Waals surface area (Å²) in [7, 11) is 0. The smallest absolute Gasteiger partial charge is 0.399 e. The minimum atomic E-state index is -7.59. The Morgan fingerprint density at radius 3 is 1.17 bits per heavy atom. The third-order valence-corrected chi connectivity index (χ3v) is 5.75. The highest BCUT2D eigenvalue weighted by molar-refractivity contribution is 5.49. The van der Waals surface area contributed by atoms with Gasteiger partial charge in [-0.1, -0.05) is 12.1 Å². The zero-order valence-corrected chi connectivity index (χ0v) is 19.6. The van der Waals surface area contributed by atoms with Gasteiger partial charge in [0.15, 0.2) is 0 Å². The normalized spacial score (nSPS) is 14.9. The highest BCUT2D eigenvalue weighted by Crippen LogP contribution is 2.59. The van der Waals surface area contributed by atoms with Crippen molar-refractivity contribution < 1.29 is 79.0 Å². The zero-order chi connectivity index (χ0) is 32.4. The summed E-state index contributed by atoms with van der Waals surface area (Å²) < 4.78 is 243. The summed E-state index contributed by atoms with van der Waals surface area (Å²) in [6.45, 7) is 1.29. The summed E-state index contributed by atoms with van der Waals surface area (Å²) in [6.07, 6.45) is -15.9. The first kappa shape index (κ1) is 34.2. The molecule has 2 N–H and O–H groups in total. The Morgan fingerprint density at radius 1 is 0.488 bits per heavy atom. The Kier molecular flexibility index (Phi) is 8.15. The third-order valence-electron chi connectivity index (χ3n) is 5.75. The first-order chi connectivity index (χ1) is 18.0. The van der Waals surface area contributed by atoms with E-state index in [4.69, 9.17) is 5.73 Å². The average Bonchev–Trinajstić information content (AvgIpc) is 2.79. The number of hydrogen-bond acceptors (Lipinski definition) is 1. The molecular weight excluding hydrogens is 620 g/mol. The van der Waals surface area contributed by atoms with Crippen LogP contribution in [0.15, 0.2) is 36.4 Å². The number of nitrogens with two attached hydrogens (primary N) is 1. The number of halogens is 18. The molecule has 0 spiro atoms. The van der Waals surface area contributed by atoms with Gasteiger partial charge < -0.3 is 5.73 Å². The van der Waals surface area contributed by atoms with E-state index in [2.05, 4.69) is 0 Å². The second-order valence-electron chi connectivity index (χ2n) is 8.73. The molecule has 0 aromatic heterocycles. The summed E-state index contributed by atoms with van der Waals surface area (Å²) in [5.74, 6) is -44.0. The maximum Gasteiger partial charge on any atom is 0.460 e. The predicted molar refractivity (Wildman–Crippen MR) is 105 cm³/mol. The molecule has 2 aromatic carbocycles. The number of nitrogen functional groups attached to an aromatic ring is 1. The van der Waals surface area contributed by atoms with Crippen LogP contribution in [-0.4, -0.2) is 36.0 Å². The molecule has 0 unspecified atom stereocenters. The van der Waals surface area contributed by atoms with Gasteiger partial charge >= 0.3 is 47.9 Å². The first-order valence-electron chi connectivity index (χ1n) is 10.4. The third kappa shape index (κ3) is 5.35. The molecule has 0 radical (unpaired) electrons. The van der Waals surface area contributed by atoms with Crippen LogP contribution in [0.3, 0.4) is 0 Å². The van der Waals surface area contributed by atoms with Crippen LogP contribution >= 0.6 is 0 Å². The summed E-state index contributed by atoms with van der Waals surface area (Å²) in [4.78, 5) is 0. The van der Waals surface area contributed by atoms with E-state index in [0.717, 1.165) is 18.2 Å². The second kappa shape index (κ2) is 9.78. The number of alkyl halides is 18. The van der Waals surface area contributed by atoms with Crippen LogP contribution in [0, 0.1) is 6.92 Å². The molecule has 0 fully saturated rings. The molecule has 19 heteroatoms. The van der Waals surface area contributed by atoms with E-state index in [-0.39, 0.29) is 16.8 Å². The van der Waals surface area contributed by atoms with E-state index in [0.29, 0.717) is 0 Å². The molecule has 0 aliphatic carbocycles. The van der Waals surface area contributed by atoms with Gasteiger partial charge in [0.1, 0.15) is 0 Å². The fourth-order valence-corrected chi connectivity index (χ4v) is 3.35. The first-order valence-corrected chi connectivity index (χ1v) is 10.4. The van der Waals surface area contributed by atoms with Gasteiger partial charge in [0.2, 0.25) is 0 Å². The van der Waals surface area contributed by atoms with Gasteiger partial charge in [-0.05, 0) is 54.3 Å². The molecular formula is C22H13F18N. The number of aryl methyl sites for hydroxylation is 1. The van der Waals surface area contributed by atoms with Crippen LogP contribution in [0.4, 0.5) is 84.7 Å². The van der Waals surface area contributed by atoms with Gasteiger partial charge in [0.05, 0.1) is 0 Å². The monoisotopic (exact) mass is 633 g/mol. The lowest BCUT2D eigenvalue weighted by molar-refractivity contribution is -0.400. The van der Waals surface area contributed by atoms with E-state index < -0.39 is 89.2 Å². The molecule has 41 heavy (non-hydrogen) atoms. The highest BCUT2D eigenvalue weighted by atomic mass is 19.4. The molecule has 232 valence electrons. The van der Waals surface area contributed by atoms with Gasteiger partial charge in [-0.25, -0.2) is 0 Å². The summed E-state index contributed by atoms with van der Waals surface area (Å²) in [6, 6.07) is 1.01. The lowest BCUT2D eigenvalue weighted by atomic mass is 9.88. The van der Waals surface area contributed by atoms with Gasteiger partial charge in [0.25, 0.3) is 0 Å². The van der Waals surface area contributed by atoms with Gasteiger partial charge in [-0.2, -0.15) is 79.0 Å². The maximum atomic E-state index is 14.6. The second-order valence-corrected chi connectivity index (χ2v) is 8.73. The minimum absolute atomic E-state index is 0.0457. The lowest BCUT2D eigenvalue weighted by Gasteiger charge is -2.36. The van der Waals surface area contributed by atoms with Gasteiger partial charge in [0, 0.05) is 16.8 Å². The van der Waals surface area contributed by atoms with Crippen molar-refractivity contribution in [2.75, 3.05) is 5.73 Å². The van der Waals surface area contributed by atoms with Crippen molar-refractivity contribution in [2.45, 2.75) is 61.2 Å². The fourth-order valence-electron chi connectivity index (χ4n) is 3.35. The lowest BCUT2D eigenvalue weighted by Crippen LogP contribution is -2.60. The molecule has 0 heterocycles. The van der Waals surface area contributed by atoms with Crippen molar-refractivity contribution in [3.8, 4) is 0 Å². The van der Waals surface area contributed by atoms with Crippen molar-refractivity contribution in [3.05, 3.63) is 64.2 Å². The van der Waals surface area contributed by atoms with Gasteiger partial charge in [-0.3, -0.25) is 0 Å². The molecule has 0 aliphatic rings. The zero-order valence-electron chi connectivity index (χ0n) is 19.6. The molecule has 0 saturated heterocycles. The van der Waals surface area contributed by atoms with E-state index in [1.807, 2.05) is 0 Å². The van der Waals surface area contributed by atoms with Crippen molar-refractivity contribution >= 4 is 5.69 Å². The van der Waals surface area contributed by atoms with Crippen molar-refractivity contribution in [3.63, 3.8) is 0 Å². The van der Waals surface area contributed by atoms with Crippen LogP contribution in [0.25, 0.3) is 0 Å². The largest absolute Gasteiger partial charge is 0.460 e. The van der Waals surface area contributed by atoms with Crippen LogP contribution in [0.5, 0.6) is 0 Å². The molecule has 0 aliphatic heterocycles. The van der Waals surface area contributed by atoms with Crippen molar-refractivity contribution in [1.82, 2.24) is 0 Å².